The number of hydrogen-bond acceptors (Lipinski definition) is 5. The summed E-state index contributed by atoms with van der Waals surface area (Å²) in [5.74, 6) is 0.853. The van der Waals surface area contributed by atoms with Gasteiger partial charge in [0, 0.05) is 25.3 Å². The molecule has 1 N–H and O–H groups in total. The van der Waals surface area contributed by atoms with Crippen LogP contribution in [0.25, 0.3) is 0 Å². The third-order valence-corrected chi connectivity index (χ3v) is 6.43. The van der Waals surface area contributed by atoms with Gasteiger partial charge >= 0.3 is 0 Å². The van der Waals surface area contributed by atoms with Gasteiger partial charge in [-0.05, 0) is 38.0 Å². The maximum Gasteiger partial charge on any atom is 0.255 e. The molecule has 0 bridgehead atoms. The van der Waals surface area contributed by atoms with Crippen LogP contribution in [0.3, 0.4) is 0 Å². The van der Waals surface area contributed by atoms with E-state index >= 15 is 0 Å². The highest BCUT2D eigenvalue weighted by Gasteiger charge is 2.28. The molecule has 0 unspecified atom stereocenters. The molecule has 0 radical (unpaired) electrons. The number of nitrogens with one attached hydrogen (secondary N) is 1. The molecule has 1 saturated heterocycles. The molecule has 3 rings (SSSR count). The van der Waals surface area contributed by atoms with E-state index in [1.807, 2.05) is 18.2 Å². The second-order valence-corrected chi connectivity index (χ2v) is 8.59. The molecule has 1 aliphatic rings. The van der Waals surface area contributed by atoms with Crippen molar-refractivity contribution in [2.24, 2.45) is 0 Å². The maximum atomic E-state index is 12.7. The molecule has 7 nitrogen and oxygen atoms in total. The lowest BCUT2D eigenvalue weighted by molar-refractivity contribution is 0.0921. The third-order valence-electron chi connectivity index (χ3n) is 4.55. The minimum Gasteiger partial charge on any atom is -0.455 e. The first-order chi connectivity index (χ1) is 13.0. The van der Waals surface area contributed by atoms with E-state index in [1.165, 1.54) is 10.5 Å². The summed E-state index contributed by atoms with van der Waals surface area (Å²) in [7, 11) is -3.17. The van der Waals surface area contributed by atoms with Crippen molar-refractivity contribution in [3.63, 3.8) is 0 Å². The molecular weight excluding hydrogens is 366 g/mol. The smallest absolute Gasteiger partial charge is 0.255 e. The predicted octanol–water partition coefficient (Wildman–Crippen LogP) is 2.42. The molecule has 1 aromatic carbocycles. The van der Waals surface area contributed by atoms with Gasteiger partial charge in [-0.1, -0.05) is 18.2 Å². The number of sulfonamides is 1. The summed E-state index contributed by atoms with van der Waals surface area (Å²) in [4.78, 5) is 16.7. The molecule has 1 fully saturated rings. The number of pyridine rings is 1. The van der Waals surface area contributed by atoms with Crippen LogP contribution in [-0.4, -0.2) is 48.5 Å². The van der Waals surface area contributed by atoms with E-state index in [0.717, 1.165) is 0 Å². The Morgan fingerprint density at radius 2 is 1.93 bits per heavy atom. The Morgan fingerprint density at radius 3 is 2.59 bits per heavy atom. The second-order valence-electron chi connectivity index (χ2n) is 6.33. The van der Waals surface area contributed by atoms with Crippen molar-refractivity contribution < 1.29 is 17.9 Å². The summed E-state index contributed by atoms with van der Waals surface area (Å²) in [6.07, 6.45) is 4.23. The summed E-state index contributed by atoms with van der Waals surface area (Å²) in [6, 6.07) is 10.7. The highest BCUT2D eigenvalue weighted by atomic mass is 32.2. The van der Waals surface area contributed by atoms with Gasteiger partial charge in [-0.2, -0.15) is 0 Å². The molecule has 0 spiro atoms. The molecule has 1 aromatic heterocycles. The molecule has 8 heteroatoms. The fourth-order valence-electron chi connectivity index (χ4n) is 2.99. The monoisotopic (exact) mass is 389 g/mol. The maximum absolute atomic E-state index is 12.7. The first-order valence-electron chi connectivity index (χ1n) is 8.95. The van der Waals surface area contributed by atoms with Crippen molar-refractivity contribution in [1.29, 1.82) is 0 Å². The van der Waals surface area contributed by atoms with Crippen LogP contribution >= 0.6 is 0 Å². The Balaban J connectivity index is 1.64. The number of nitrogens with zero attached hydrogens (tertiary/aromatic N) is 2. The van der Waals surface area contributed by atoms with Gasteiger partial charge < -0.3 is 10.1 Å². The van der Waals surface area contributed by atoms with Crippen LogP contribution < -0.4 is 10.1 Å². The van der Waals surface area contributed by atoms with Crippen molar-refractivity contribution in [3.05, 3.63) is 54.4 Å². The molecule has 0 aliphatic carbocycles. The summed E-state index contributed by atoms with van der Waals surface area (Å²) in [5, 5.41) is 2.98. The lowest BCUT2D eigenvalue weighted by atomic mass is 10.1. The van der Waals surface area contributed by atoms with Crippen molar-refractivity contribution in [2.45, 2.75) is 25.8 Å². The lowest BCUT2D eigenvalue weighted by Crippen LogP contribution is -2.46. The van der Waals surface area contributed by atoms with E-state index in [1.54, 1.807) is 31.3 Å². The average molecular weight is 389 g/mol. The van der Waals surface area contributed by atoms with Crippen LogP contribution in [0.4, 0.5) is 0 Å². The Hall–Kier alpha value is -2.45. The number of carbonyl (C=O) groups excluding carboxylic acids is 1. The van der Waals surface area contributed by atoms with E-state index in [4.69, 9.17) is 4.74 Å². The number of aromatic nitrogens is 1. The van der Waals surface area contributed by atoms with Gasteiger partial charge in [-0.3, -0.25) is 9.78 Å². The summed E-state index contributed by atoms with van der Waals surface area (Å²) in [6.45, 7) is 2.48. The first kappa shape index (κ1) is 19.3. The Bertz CT molecular complexity index is 879. The van der Waals surface area contributed by atoms with Gasteiger partial charge in [0.15, 0.2) is 5.75 Å². The zero-order valence-electron chi connectivity index (χ0n) is 15.2. The molecule has 1 amide bonds. The minimum atomic E-state index is -3.17. The molecule has 2 aromatic rings. The summed E-state index contributed by atoms with van der Waals surface area (Å²) < 4.78 is 31.2. The third kappa shape index (κ3) is 4.84. The van der Waals surface area contributed by atoms with E-state index < -0.39 is 10.0 Å². The highest BCUT2D eigenvalue weighted by Crippen LogP contribution is 2.24. The zero-order chi connectivity index (χ0) is 19.3. The predicted molar refractivity (Wildman–Crippen MR) is 102 cm³/mol. The zero-order valence-corrected chi connectivity index (χ0v) is 16.0. The number of benzene rings is 1. The van der Waals surface area contributed by atoms with Crippen molar-refractivity contribution >= 4 is 15.9 Å². The molecule has 2 heterocycles. The van der Waals surface area contributed by atoms with Crippen LogP contribution in [0.2, 0.25) is 0 Å². The van der Waals surface area contributed by atoms with Crippen LogP contribution in [-0.2, 0) is 10.0 Å². The van der Waals surface area contributed by atoms with Crippen LogP contribution in [0.1, 0.15) is 30.1 Å². The van der Waals surface area contributed by atoms with Gasteiger partial charge in [-0.25, -0.2) is 12.7 Å². The Morgan fingerprint density at radius 1 is 1.22 bits per heavy atom. The van der Waals surface area contributed by atoms with Gasteiger partial charge in [0.1, 0.15) is 5.75 Å². The molecule has 0 atom stereocenters. The Labute approximate surface area is 159 Å². The van der Waals surface area contributed by atoms with Gasteiger partial charge in [0.05, 0.1) is 17.5 Å². The Kier molecular flexibility index (Phi) is 6.08. The fraction of sp³-hybridized carbons (Fsp3) is 0.368. The van der Waals surface area contributed by atoms with E-state index in [2.05, 4.69) is 10.3 Å². The van der Waals surface area contributed by atoms with Gasteiger partial charge in [0.25, 0.3) is 5.91 Å². The lowest BCUT2D eigenvalue weighted by Gasteiger charge is -2.31. The number of ether oxygens (including phenoxy) is 1. The molecule has 0 saturated carbocycles. The quantitative estimate of drug-likeness (QED) is 0.820. The largest absolute Gasteiger partial charge is 0.455 e. The number of amides is 1. The van der Waals surface area contributed by atoms with Crippen molar-refractivity contribution in [3.8, 4) is 11.5 Å². The SMILES string of the molecule is CCS(=O)(=O)N1CCC(NC(=O)c2ccncc2Oc2ccccc2)CC1. The fourth-order valence-corrected chi connectivity index (χ4v) is 4.12. The number of piperidine rings is 1. The van der Waals surface area contributed by atoms with E-state index in [9.17, 15) is 13.2 Å². The number of hydrogen-bond donors (Lipinski definition) is 1. The van der Waals surface area contributed by atoms with Gasteiger partial charge in [-0.15, -0.1) is 0 Å². The standard InChI is InChI=1S/C19H23N3O4S/c1-2-27(24,25)22-12-9-15(10-13-22)21-19(23)17-8-11-20-14-18(17)26-16-6-4-3-5-7-16/h3-8,11,14-15H,2,9-10,12-13H2,1H3,(H,21,23). The van der Waals surface area contributed by atoms with Crippen LogP contribution in [0.5, 0.6) is 11.5 Å². The molecular formula is C19H23N3O4S. The van der Waals surface area contributed by atoms with Crippen LogP contribution in [0.15, 0.2) is 48.8 Å². The number of carbonyl (C=O) groups is 1. The molecule has 27 heavy (non-hydrogen) atoms. The summed E-state index contributed by atoms with van der Waals surface area (Å²) in [5.41, 5.74) is 0.400. The molecule has 144 valence electrons. The van der Waals surface area contributed by atoms with Gasteiger partial charge in [0.2, 0.25) is 10.0 Å². The average Bonchev–Trinajstić information content (AvgIpc) is 2.69. The topological polar surface area (TPSA) is 88.6 Å². The highest BCUT2D eigenvalue weighted by molar-refractivity contribution is 7.89. The van der Waals surface area contributed by atoms with Crippen molar-refractivity contribution in [2.75, 3.05) is 18.8 Å². The molecule has 1 aliphatic heterocycles. The van der Waals surface area contributed by atoms with Crippen molar-refractivity contribution in [1.82, 2.24) is 14.6 Å². The van der Waals surface area contributed by atoms with E-state index in [0.29, 0.717) is 43.0 Å². The normalized spacial score (nSPS) is 16.0. The summed E-state index contributed by atoms with van der Waals surface area (Å²) >= 11 is 0. The number of rotatable bonds is 6. The number of para-hydroxylation sites is 1. The second kappa shape index (κ2) is 8.49. The van der Waals surface area contributed by atoms with E-state index in [-0.39, 0.29) is 17.7 Å². The minimum absolute atomic E-state index is 0.0708. The van der Waals surface area contributed by atoms with Crippen LogP contribution in [0, 0.1) is 0 Å². The first-order valence-corrected chi connectivity index (χ1v) is 10.6.